The Morgan fingerprint density at radius 1 is 0.658 bits per heavy atom. The molecule has 178 valence electrons. The van der Waals surface area contributed by atoms with Crippen LogP contribution in [-0.2, 0) is 0 Å². The third kappa shape index (κ3) is 3.42. The summed E-state index contributed by atoms with van der Waals surface area (Å²) < 4.78 is 6.12. The first kappa shape index (κ1) is 21.8. The number of benzene rings is 5. The van der Waals surface area contributed by atoms with E-state index in [1.54, 1.807) is 42.5 Å². The molecule has 0 unspecified atom stereocenters. The number of carbonyl (C=O) groups is 2. The van der Waals surface area contributed by atoms with Crippen molar-refractivity contribution in [1.29, 1.82) is 0 Å². The van der Waals surface area contributed by atoms with Gasteiger partial charge in [-0.05, 0) is 70.8 Å². The number of nitrogens with zero attached hydrogens (tertiary/aromatic N) is 1. The van der Waals surface area contributed by atoms with Crippen molar-refractivity contribution in [1.82, 2.24) is 0 Å². The van der Waals surface area contributed by atoms with Crippen LogP contribution >= 0.6 is 0 Å². The molecular weight excluding hydrogens is 470 g/mol. The summed E-state index contributed by atoms with van der Waals surface area (Å²) in [6, 6.07) is 30.2. The van der Waals surface area contributed by atoms with E-state index >= 15 is 0 Å². The summed E-state index contributed by atoms with van der Waals surface area (Å²) in [5.74, 6) is 2.99. The number of amides is 2. The molecule has 8 rings (SSSR count). The fraction of sp³-hybridized carbons (Fsp3) is 0. The lowest BCUT2D eigenvalue weighted by Crippen LogP contribution is -2.40. The van der Waals surface area contributed by atoms with Crippen LogP contribution < -0.4 is 9.64 Å². The van der Waals surface area contributed by atoms with Crippen molar-refractivity contribution in [2.75, 3.05) is 4.90 Å². The van der Waals surface area contributed by atoms with E-state index in [4.69, 9.17) is 11.2 Å². The summed E-state index contributed by atoms with van der Waals surface area (Å²) in [7, 11) is 0. The van der Waals surface area contributed by atoms with E-state index in [9.17, 15) is 9.59 Å². The van der Waals surface area contributed by atoms with Crippen molar-refractivity contribution in [2.45, 2.75) is 0 Å². The SMILES string of the molecule is C#Cc1ccccc1Oc1ccc2c3c(cccc13)C(=O)N(c1ccc3c(c1)C=C3)C2=O.c1cc2cc-2c1. The van der Waals surface area contributed by atoms with Crippen molar-refractivity contribution >= 4 is 40.4 Å². The highest BCUT2D eigenvalue weighted by atomic mass is 16.5. The highest BCUT2D eigenvalue weighted by molar-refractivity contribution is 6.36. The molecular formula is C34H19NO3. The molecule has 0 fully saturated rings. The molecule has 0 radical (unpaired) electrons. The monoisotopic (exact) mass is 489 g/mol. The number of anilines is 1. The Hall–Kier alpha value is -5.40. The maximum absolute atomic E-state index is 13.4. The Morgan fingerprint density at radius 2 is 1.39 bits per heavy atom. The third-order valence-electron chi connectivity index (χ3n) is 7.01. The van der Waals surface area contributed by atoms with Gasteiger partial charge in [0.2, 0.25) is 0 Å². The van der Waals surface area contributed by atoms with Crippen molar-refractivity contribution in [2.24, 2.45) is 0 Å². The Labute approximate surface area is 219 Å². The van der Waals surface area contributed by atoms with Gasteiger partial charge in [-0.25, -0.2) is 4.90 Å². The summed E-state index contributed by atoms with van der Waals surface area (Å²) in [6.07, 6.45) is 9.56. The molecule has 4 nitrogen and oxygen atoms in total. The van der Waals surface area contributed by atoms with Gasteiger partial charge in [-0.15, -0.1) is 6.42 Å². The van der Waals surface area contributed by atoms with Crippen LogP contribution in [0, 0.1) is 12.3 Å². The van der Waals surface area contributed by atoms with Crippen molar-refractivity contribution in [3.05, 3.63) is 125 Å². The maximum atomic E-state index is 13.4. The molecule has 1 heterocycles. The van der Waals surface area contributed by atoms with Crippen LogP contribution in [0.1, 0.15) is 37.4 Å². The Bertz CT molecular complexity index is 1870. The predicted molar refractivity (Wildman–Crippen MR) is 150 cm³/mol. The molecule has 2 amide bonds. The molecule has 0 spiro atoms. The number of terminal acetylenes is 1. The number of carbonyl (C=O) groups excluding carboxylic acids is 2. The summed E-state index contributed by atoms with van der Waals surface area (Å²) in [5.41, 5.74) is 7.09. The van der Waals surface area contributed by atoms with Gasteiger partial charge < -0.3 is 4.74 Å². The summed E-state index contributed by atoms with van der Waals surface area (Å²) >= 11 is 0. The normalized spacial score (nSPS) is 13.2. The van der Waals surface area contributed by atoms with Crippen molar-refractivity contribution in [3.8, 4) is 35.0 Å². The van der Waals surface area contributed by atoms with E-state index in [2.05, 4.69) is 30.2 Å². The lowest BCUT2D eigenvalue weighted by Gasteiger charge is -2.28. The standard InChI is InChI=1S/C28H15NO3.C6H4/c1-2-17-6-3-4-9-24(17)32-25-15-14-23-26-21(25)7-5-8-22(26)27(30)29(28(23)31)20-13-12-18-10-11-19(18)16-20;1-2-5-4-6(5)3-1/h1,3-16H;1-4H. The first-order chi connectivity index (χ1) is 18.6. The predicted octanol–water partition coefficient (Wildman–Crippen LogP) is 7.56. The Morgan fingerprint density at radius 3 is 2.05 bits per heavy atom. The zero-order valence-electron chi connectivity index (χ0n) is 20.1. The van der Waals surface area contributed by atoms with E-state index in [1.807, 2.05) is 42.5 Å². The first-order valence-corrected chi connectivity index (χ1v) is 12.2. The number of imide groups is 1. The molecule has 4 heteroatoms. The quantitative estimate of drug-likeness (QED) is 0.190. The highest BCUT2D eigenvalue weighted by Gasteiger charge is 2.35. The van der Waals surface area contributed by atoms with Gasteiger partial charge >= 0.3 is 0 Å². The van der Waals surface area contributed by atoms with Crippen LogP contribution in [0.5, 0.6) is 11.5 Å². The minimum absolute atomic E-state index is 0.350. The average molecular weight is 490 g/mol. The van der Waals surface area contributed by atoms with E-state index in [1.165, 1.54) is 16.0 Å². The van der Waals surface area contributed by atoms with Gasteiger partial charge in [0.05, 0.1) is 11.3 Å². The average Bonchev–Trinajstić information content (AvgIpc) is 3.53. The van der Waals surface area contributed by atoms with Crippen LogP contribution in [0.25, 0.3) is 34.1 Å². The molecule has 0 aromatic heterocycles. The lowest BCUT2D eigenvalue weighted by atomic mass is 9.92. The first-order valence-electron chi connectivity index (χ1n) is 12.2. The molecule has 0 saturated carbocycles. The van der Waals surface area contributed by atoms with Gasteiger partial charge in [-0.3, -0.25) is 9.59 Å². The fourth-order valence-electron chi connectivity index (χ4n) is 4.94. The number of hydrogen-bond acceptors (Lipinski definition) is 3. The lowest BCUT2D eigenvalue weighted by molar-refractivity contribution is 0.0893. The van der Waals surface area contributed by atoms with Crippen molar-refractivity contribution < 1.29 is 14.3 Å². The third-order valence-corrected chi connectivity index (χ3v) is 7.01. The van der Waals surface area contributed by atoms with E-state index in [-0.39, 0.29) is 11.8 Å². The minimum atomic E-state index is -0.350. The van der Waals surface area contributed by atoms with Gasteiger partial charge in [0, 0.05) is 21.9 Å². The smallest absolute Gasteiger partial charge is 0.265 e. The number of ether oxygens (including phenoxy) is 1. The molecule has 4 aromatic rings. The number of rotatable bonds is 3. The molecule has 3 aliphatic carbocycles. The molecule has 4 aliphatic rings. The second-order valence-electron chi connectivity index (χ2n) is 9.26. The number of fused-ring (bicyclic) bond motifs is 2. The number of para-hydroxylation sites is 1. The fourth-order valence-corrected chi connectivity index (χ4v) is 4.94. The Balaban J connectivity index is 0.000000351. The zero-order chi connectivity index (χ0) is 25.8. The van der Waals surface area contributed by atoms with Gasteiger partial charge in [0.15, 0.2) is 0 Å². The molecule has 38 heavy (non-hydrogen) atoms. The van der Waals surface area contributed by atoms with Gasteiger partial charge in [0.25, 0.3) is 11.8 Å². The largest absolute Gasteiger partial charge is 0.455 e. The maximum Gasteiger partial charge on any atom is 0.265 e. The molecule has 0 saturated heterocycles. The van der Waals surface area contributed by atoms with Gasteiger partial charge in [0.1, 0.15) is 11.5 Å². The van der Waals surface area contributed by atoms with Gasteiger partial charge in [-0.1, -0.05) is 66.6 Å². The summed E-state index contributed by atoms with van der Waals surface area (Å²) in [4.78, 5) is 28.1. The zero-order valence-corrected chi connectivity index (χ0v) is 20.1. The van der Waals surface area contributed by atoms with E-state index in [0.717, 1.165) is 11.1 Å². The molecule has 0 atom stereocenters. The van der Waals surface area contributed by atoms with Crippen LogP contribution in [-0.4, -0.2) is 11.8 Å². The van der Waals surface area contributed by atoms with Crippen LogP contribution in [0.4, 0.5) is 5.69 Å². The second-order valence-corrected chi connectivity index (χ2v) is 9.26. The van der Waals surface area contributed by atoms with Crippen LogP contribution in [0.3, 0.4) is 0 Å². The molecule has 0 bridgehead atoms. The summed E-state index contributed by atoms with van der Waals surface area (Å²) in [5, 5.41) is 1.28. The topological polar surface area (TPSA) is 46.6 Å². The number of hydrogen-bond donors (Lipinski definition) is 0. The molecule has 1 aliphatic heterocycles. The van der Waals surface area contributed by atoms with E-state index in [0.29, 0.717) is 44.6 Å². The van der Waals surface area contributed by atoms with Crippen LogP contribution in [0.2, 0.25) is 0 Å². The minimum Gasteiger partial charge on any atom is -0.455 e. The second kappa shape index (κ2) is 8.33. The Kier molecular flexibility index (Phi) is 4.79. The van der Waals surface area contributed by atoms with Gasteiger partial charge in [-0.2, -0.15) is 0 Å². The highest BCUT2D eigenvalue weighted by Crippen LogP contribution is 2.40. The molecule has 4 aromatic carbocycles. The van der Waals surface area contributed by atoms with Crippen LogP contribution in [0.15, 0.2) is 97.1 Å². The summed E-state index contributed by atoms with van der Waals surface area (Å²) in [6.45, 7) is 0. The molecule has 0 N–H and O–H groups in total. The van der Waals surface area contributed by atoms with E-state index < -0.39 is 0 Å². The van der Waals surface area contributed by atoms with Crippen molar-refractivity contribution in [3.63, 3.8) is 0 Å².